The summed E-state index contributed by atoms with van der Waals surface area (Å²) in [6.07, 6.45) is 0.123. The van der Waals surface area contributed by atoms with Gasteiger partial charge in [0.2, 0.25) is 5.91 Å². The van der Waals surface area contributed by atoms with Gasteiger partial charge in [-0.05, 0) is 6.42 Å². The first-order valence-corrected chi connectivity index (χ1v) is 2.80. The summed E-state index contributed by atoms with van der Waals surface area (Å²) >= 11 is 0. The molecule has 0 aliphatic carbocycles. The maximum absolute atomic E-state index is 10.1. The van der Waals surface area contributed by atoms with Gasteiger partial charge in [0.15, 0.2) is 0 Å². The molecule has 0 unspecified atom stereocenters. The molecule has 5 heteroatoms. The second-order valence-corrected chi connectivity index (χ2v) is 1.95. The lowest BCUT2D eigenvalue weighted by Gasteiger charge is -2.01. The van der Waals surface area contributed by atoms with E-state index < -0.39 is 17.9 Å². The first-order chi connectivity index (χ1) is 4.54. The van der Waals surface area contributed by atoms with Gasteiger partial charge in [-0.15, -0.1) is 0 Å². The maximum Gasteiger partial charge on any atom is 0.320 e. The van der Waals surface area contributed by atoms with Gasteiger partial charge in [-0.2, -0.15) is 0 Å². The van der Waals surface area contributed by atoms with Crippen molar-refractivity contribution in [2.45, 2.75) is 18.9 Å². The SMILES string of the molecule is [15NH2][13C](=O)[13CH2][13CH2][13C@@H]([15NH2])[13C](=O)O. The van der Waals surface area contributed by atoms with Crippen molar-refractivity contribution < 1.29 is 14.7 Å². The highest BCUT2D eigenvalue weighted by Crippen LogP contribution is 1.92. The van der Waals surface area contributed by atoms with Crippen molar-refractivity contribution >= 4 is 11.9 Å². The average Bonchev–Trinajstić information content (AvgIpc) is 1.82. The Balaban J connectivity index is 3.49. The lowest BCUT2D eigenvalue weighted by atomic mass is 11.1. The number of carboxylic acid groups (broad SMARTS) is 1. The van der Waals surface area contributed by atoms with Gasteiger partial charge in [0.05, 0.1) is 0 Å². The summed E-state index contributed by atoms with van der Waals surface area (Å²) in [5.41, 5.74) is 9.81. The number of carbonyl (C=O) groups excluding carboxylic acids is 1. The zero-order valence-electron chi connectivity index (χ0n) is 5.41. The van der Waals surface area contributed by atoms with Crippen molar-refractivity contribution in [1.29, 1.82) is 0 Å². The highest BCUT2D eigenvalue weighted by atomic mass is 16.5. The van der Waals surface area contributed by atoms with Crippen LogP contribution in [0.4, 0.5) is 0 Å². The molecular formula is C5H10N2O3. The number of rotatable bonds is 4. The molecule has 0 spiro atoms. The van der Waals surface area contributed by atoms with E-state index in [1.54, 1.807) is 0 Å². The van der Waals surface area contributed by atoms with E-state index in [2.05, 4.69) is 0 Å². The standard InChI is InChI=1S/C5H10N2O3/c6-3(5(9)10)1-2-4(7)8/h3H,1-2,6H2,(H2,7,8)(H,9,10)/t3-/m1/s1/i1+1,2+1,3+1,4+1,5+1,6+1,7+1. The van der Waals surface area contributed by atoms with Gasteiger partial charge in [-0.1, -0.05) is 0 Å². The minimum absolute atomic E-state index is 0.0213. The molecule has 0 aliphatic rings. The third-order valence-electron chi connectivity index (χ3n) is 1.02. The molecule has 0 radical (unpaired) electrons. The van der Waals surface area contributed by atoms with Crippen LogP contribution in [-0.4, -0.2) is 23.0 Å². The van der Waals surface area contributed by atoms with Crippen molar-refractivity contribution in [1.82, 2.24) is 0 Å². The fraction of sp³-hybridized carbons (Fsp3) is 0.600. The van der Waals surface area contributed by atoms with Crippen LogP contribution in [0, 0.1) is 0 Å². The van der Waals surface area contributed by atoms with Crippen molar-refractivity contribution in [3.63, 3.8) is 0 Å². The van der Waals surface area contributed by atoms with Crippen molar-refractivity contribution in [2.75, 3.05) is 0 Å². The van der Waals surface area contributed by atoms with E-state index in [-0.39, 0.29) is 12.8 Å². The monoisotopic (exact) mass is 153 g/mol. The van der Waals surface area contributed by atoms with E-state index in [1.165, 1.54) is 0 Å². The molecule has 10 heavy (non-hydrogen) atoms. The summed E-state index contributed by atoms with van der Waals surface area (Å²) in [7, 11) is 0. The molecule has 1 amide bonds. The zero-order chi connectivity index (χ0) is 8.15. The van der Waals surface area contributed by atoms with Gasteiger partial charge in [-0.25, -0.2) is 0 Å². The lowest BCUT2D eigenvalue weighted by molar-refractivity contribution is -0.138. The van der Waals surface area contributed by atoms with Crippen LogP contribution in [0.5, 0.6) is 0 Å². The summed E-state index contributed by atoms with van der Waals surface area (Å²) in [6, 6.07) is -0.979. The Morgan fingerprint density at radius 3 is 2.30 bits per heavy atom. The normalized spacial score (nSPS) is 12.5. The largest absolute Gasteiger partial charge is 0.480 e. The Labute approximate surface area is 58.0 Å². The minimum Gasteiger partial charge on any atom is -0.480 e. The van der Waals surface area contributed by atoms with Crippen molar-refractivity contribution in [3.05, 3.63) is 0 Å². The van der Waals surface area contributed by atoms with E-state index >= 15 is 0 Å². The van der Waals surface area contributed by atoms with Crippen LogP contribution in [0.25, 0.3) is 0 Å². The Kier molecular flexibility index (Phi) is 3.42. The summed E-state index contributed by atoms with van der Waals surface area (Å²) in [5, 5.41) is 8.22. The highest BCUT2D eigenvalue weighted by Gasteiger charge is 2.11. The van der Waals surface area contributed by atoms with E-state index in [1.807, 2.05) is 0 Å². The minimum atomic E-state index is -1.11. The Hall–Kier alpha value is -1.10. The Morgan fingerprint density at radius 2 is 2.00 bits per heavy atom. The molecule has 0 bridgehead atoms. The van der Waals surface area contributed by atoms with Crippen LogP contribution < -0.4 is 11.5 Å². The maximum atomic E-state index is 10.1. The number of hydrogen-bond donors (Lipinski definition) is 3. The van der Waals surface area contributed by atoms with E-state index in [0.29, 0.717) is 0 Å². The van der Waals surface area contributed by atoms with Crippen LogP contribution in [0.2, 0.25) is 0 Å². The van der Waals surface area contributed by atoms with E-state index in [4.69, 9.17) is 16.6 Å². The van der Waals surface area contributed by atoms with Crippen LogP contribution in [0.3, 0.4) is 0 Å². The van der Waals surface area contributed by atoms with Gasteiger partial charge in [0, 0.05) is 6.42 Å². The predicted molar refractivity (Wildman–Crippen MR) is 34.0 cm³/mol. The molecule has 1 atom stereocenters. The first kappa shape index (κ1) is 8.90. The lowest BCUT2D eigenvalue weighted by Crippen LogP contribution is -2.31. The molecule has 0 aliphatic heterocycles. The number of nitrogens with two attached hydrogens (primary N) is 2. The van der Waals surface area contributed by atoms with Gasteiger partial charge in [-0.3, -0.25) is 9.59 Å². The number of amides is 1. The summed E-state index contributed by atoms with van der Waals surface area (Å²) in [5.74, 6) is -1.64. The number of primary amides is 1. The van der Waals surface area contributed by atoms with Gasteiger partial charge < -0.3 is 16.6 Å². The number of carbonyl (C=O) groups is 2. The van der Waals surface area contributed by atoms with Gasteiger partial charge >= 0.3 is 5.97 Å². The number of carboxylic acids is 1. The molecule has 5 N–H and O–H groups in total. The fourth-order valence-corrected chi connectivity index (χ4v) is 0.421. The highest BCUT2D eigenvalue weighted by molar-refractivity contribution is 5.76. The summed E-state index contributed by atoms with van der Waals surface area (Å²) < 4.78 is 0. The molecule has 0 rings (SSSR count). The molecule has 0 aromatic carbocycles. The van der Waals surface area contributed by atoms with Crippen LogP contribution >= 0.6 is 0 Å². The first-order valence-electron chi connectivity index (χ1n) is 2.80. The molecule has 5 nitrogen and oxygen atoms in total. The quantitative estimate of drug-likeness (QED) is 0.343. The van der Waals surface area contributed by atoms with Crippen molar-refractivity contribution in [3.8, 4) is 0 Å². The van der Waals surface area contributed by atoms with Crippen LogP contribution in [-0.2, 0) is 9.59 Å². The molecule has 0 saturated heterocycles. The number of aliphatic carboxylic acids is 1. The molecule has 0 heterocycles. The van der Waals surface area contributed by atoms with Gasteiger partial charge in [0.25, 0.3) is 0 Å². The fourth-order valence-electron chi connectivity index (χ4n) is 0.421. The second kappa shape index (κ2) is 3.84. The molecule has 0 saturated carbocycles. The third kappa shape index (κ3) is 3.85. The Morgan fingerprint density at radius 1 is 1.50 bits per heavy atom. The van der Waals surface area contributed by atoms with Crippen molar-refractivity contribution in [2.24, 2.45) is 11.5 Å². The third-order valence-corrected chi connectivity index (χ3v) is 1.02. The summed E-state index contributed by atoms with van der Waals surface area (Å²) in [6.45, 7) is 0. The average molecular weight is 153 g/mol. The predicted octanol–water partition coefficient (Wildman–Crippen LogP) is -1.34. The van der Waals surface area contributed by atoms with Crippen LogP contribution in [0.15, 0.2) is 0 Å². The number of hydrogen-bond acceptors (Lipinski definition) is 3. The smallest absolute Gasteiger partial charge is 0.320 e. The van der Waals surface area contributed by atoms with E-state index in [9.17, 15) is 9.59 Å². The molecule has 0 aromatic heterocycles. The Bertz CT molecular complexity index is 146. The second-order valence-electron chi connectivity index (χ2n) is 1.95. The van der Waals surface area contributed by atoms with Gasteiger partial charge in [0.1, 0.15) is 6.04 Å². The summed E-state index contributed by atoms with van der Waals surface area (Å²) in [4.78, 5) is 20.1. The van der Waals surface area contributed by atoms with E-state index in [0.717, 1.165) is 0 Å². The topological polar surface area (TPSA) is 106 Å². The molecule has 0 fully saturated rings. The zero-order valence-corrected chi connectivity index (χ0v) is 5.41. The molecular weight excluding hydrogens is 143 g/mol. The molecule has 58 valence electrons. The van der Waals surface area contributed by atoms with Crippen LogP contribution in [0.1, 0.15) is 12.8 Å². The molecule has 0 aromatic rings.